The minimum atomic E-state index is 0.460. The minimum absolute atomic E-state index is 0.460. The average Bonchev–Trinajstić information content (AvgIpc) is 2.21. The van der Waals surface area contributed by atoms with E-state index in [1.807, 2.05) is 12.4 Å². The van der Waals surface area contributed by atoms with Crippen molar-refractivity contribution in [3.05, 3.63) is 54.4 Å². The zero-order valence-electron chi connectivity index (χ0n) is 6.85. The van der Waals surface area contributed by atoms with Crippen molar-refractivity contribution in [1.29, 1.82) is 0 Å². The first kappa shape index (κ1) is 7.29. The number of aromatic nitrogens is 1. The molecule has 1 aliphatic carbocycles. The van der Waals surface area contributed by atoms with Crippen molar-refractivity contribution in [3.63, 3.8) is 0 Å². The Kier molecular flexibility index (Phi) is 2.04. The van der Waals surface area contributed by atoms with Crippen LogP contribution in [0.2, 0.25) is 0 Å². The Labute approximate surface area is 72.5 Å². The summed E-state index contributed by atoms with van der Waals surface area (Å²) in [7, 11) is 0. The van der Waals surface area contributed by atoms with Gasteiger partial charge in [0.2, 0.25) is 0 Å². The molecule has 0 N–H and O–H groups in total. The predicted molar refractivity (Wildman–Crippen MR) is 49.9 cm³/mol. The molecule has 0 fully saturated rings. The maximum absolute atomic E-state index is 3.99. The smallest absolute Gasteiger partial charge is 0.0270 e. The highest BCUT2D eigenvalue weighted by atomic mass is 14.6. The Bertz CT molecular complexity index is 286. The zero-order chi connectivity index (χ0) is 8.23. The summed E-state index contributed by atoms with van der Waals surface area (Å²) in [4.78, 5) is 3.99. The van der Waals surface area contributed by atoms with Gasteiger partial charge in [0.15, 0.2) is 0 Å². The van der Waals surface area contributed by atoms with E-state index in [4.69, 9.17) is 0 Å². The van der Waals surface area contributed by atoms with Crippen LogP contribution in [0.1, 0.15) is 17.9 Å². The first-order valence-electron chi connectivity index (χ1n) is 4.20. The molecule has 60 valence electrons. The van der Waals surface area contributed by atoms with E-state index in [-0.39, 0.29) is 0 Å². The first-order chi connectivity index (χ1) is 5.97. The van der Waals surface area contributed by atoms with Gasteiger partial charge in [-0.15, -0.1) is 0 Å². The fraction of sp³-hybridized carbons (Fsp3) is 0.182. The van der Waals surface area contributed by atoms with Crippen LogP contribution in [0, 0.1) is 0 Å². The average molecular weight is 157 g/mol. The van der Waals surface area contributed by atoms with Crippen LogP contribution in [-0.4, -0.2) is 4.98 Å². The molecule has 1 nitrogen and oxygen atoms in total. The highest BCUT2D eigenvalue weighted by Gasteiger charge is 2.04. The van der Waals surface area contributed by atoms with Crippen LogP contribution in [0.5, 0.6) is 0 Å². The quantitative estimate of drug-likeness (QED) is 0.571. The summed E-state index contributed by atoms with van der Waals surface area (Å²) in [6.45, 7) is 0. The maximum atomic E-state index is 3.99. The highest BCUT2D eigenvalue weighted by molar-refractivity contribution is 5.29. The van der Waals surface area contributed by atoms with Gasteiger partial charge in [-0.05, 0) is 24.1 Å². The van der Waals surface area contributed by atoms with Crippen LogP contribution < -0.4 is 0 Å². The molecule has 0 unspecified atom stereocenters. The monoisotopic (exact) mass is 157 g/mol. The van der Waals surface area contributed by atoms with Crippen LogP contribution in [0.3, 0.4) is 0 Å². The van der Waals surface area contributed by atoms with Crippen LogP contribution >= 0.6 is 0 Å². The Hall–Kier alpha value is -1.37. The van der Waals surface area contributed by atoms with E-state index < -0.39 is 0 Å². The van der Waals surface area contributed by atoms with Gasteiger partial charge in [-0.1, -0.05) is 24.3 Å². The minimum Gasteiger partial charge on any atom is -0.265 e. The third-order valence-corrected chi connectivity index (χ3v) is 2.05. The normalized spacial score (nSPS) is 16.7. The maximum Gasteiger partial charge on any atom is 0.0270 e. The Morgan fingerprint density at radius 1 is 1.08 bits per heavy atom. The SMILES string of the molecule is C1=CC(c2ccncc2)C=CC1. The summed E-state index contributed by atoms with van der Waals surface area (Å²) >= 11 is 0. The van der Waals surface area contributed by atoms with Gasteiger partial charge in [0.1, 0.15) is 0 Å². The van der Waals surface area contributed by atoms with E-state index >= 15 is 0 Å². The van der Waals surface area contributed by atoms with Crippen molar-refractivity contribution >= 4 is 0 Å². The van der Waals surface area contributed by atoms with Crippen LogP contribution in [0.25, 0.3) is 0 Å². The molecule has 1 heteroatoms. The first-order valence-corrected chi connectivity index (χ1v) is 4.20. The van der Waals surface area contributed by atoms with Crippen molar-refractivity contribution < 1.29 is 0 Å². The fourth-order valence-electron chi connectivity index (χ4n) is 1.40. The summed E-state index contributed by atoms with van der Waals surface area (Å²) in [5.74, 6) is 0.460. The molecule has 0 amide bonds. The van der Waals surface area contributed by atoms with Crippen LogP contribution in [0.4, 0.5) is 0 Å². The van der Waals surface area contributed by atoms with E-state index in [0.29, 0.717) is 5.92 Å². The molecule has 0 atom stereocenters. The molecule has 2 rings (SSSR count). The number of hydrogen-bond donors (Lipinski definition) is 0. The number of allylic oxidation sites excluding steroid dienone is 4. The van der Waals surface area contributed by atoms with Gasteiger partial charge in [-0.25, -0.2) is 0 Å². The molecular weight excluding hydrogens is 146 g/mol. The van der Waals surface area contributed by atoms with E-state index in [0.717, 1.165) is 6.42 Å². The lowest BCUT2D eigenvalue weighted by atomic mass is 9.96. The summed E-state index contributed by atoms with van der Waals surface area (Å²) < 4.78 is 0. The van der Waals surface area contributed by atoms with Gasteiger partial charge >= 0.3 is 0 Å². The largest absolute Gasteiger partial charge is 0.265 e. The second-order valence-electron chi connectivity index (χ2n) is 2.90. The van der Waals surface area contributed by atoms with Crippen molar-refractivity contribution in [3.8, 4) is 0 Å². The summed E-state index contributed by atoms with van der Waals surface area (Å²) in [6, 6.07) is 4.12. The third kappa shape index (κ3) is 1.45. The standard InChI is InChI=1S/C11H11N/c1-2-4-10(5-3-1)11-6-8-12-9-7-11/h2-10H,1H2. The fourth-order valence-corrected chi connectivity index (χ4v) is 1.40. The van der Waals surface area contributed by atoms with E-state index in [1.165, 1.54) is 5.56 Å². The third-order valence-electron chi connectivity index (χ3n) is 2.05. The van der Waals surface area contributed by atoms with E-state index in [2.05, 4.69) is 41.4 Å². The predicted octanol–water partition coefficient (Wildman–Crippen LogP) is 2.68. The molecule has 0 spiro atoms. The van der Waals surface area contributed by atoms with E-state index in [9.17, 15) is 0 Å². The molecule has 0 saturated heterocycles. The zero-order valence-corrected chi connectivity index (χ0v) is 6.85. The molecule has 1 aromatic heterocycles. The lowest BCUT2D eigenvalue weighted by molar-refractivity contribution is 1.03. The second-order valence-corrected chi connectivity index (χ2v) is 2.90. The van der Waals surface area contributed by atoms with Gasteiger partial charge in [-0.2, -0.15) is 0 Å². The van der Waals surface area contributed by atoms with Gasteiger partial charge in [-0.3, -0.25) is 4.98 Å². The van der Waals surface area contributed by atoms with Gasteiger partial charge < -0.3 is 0 Å². The summed E-state index contributed by atoms with van der Waals surface area (Å²) in [5, 5.41) is 0. The highest BCUT2D eigenvalue weighted by Crippen LogP contribution is 2.21. The molecule has 12 heavy (non-hydrogen) atoms. The van der Waals surface area contributed by atoms with Gasteiger partial charge in [0, 0.05) is 18.3 Å². The molecule has 0 radical (unpaired) electrons. The van der Waals surface area contributed by atoms with Crippen LogP contribution in [0.15, 0.2) is 48.8 Å². The summed E-state index contributed by atoms with van der Waals surface area (Å²) in [5.41, 5.74) is 1.32. The molecular formula is C11H11N. The molecule has 1 heterocycles. The number of hydrogen-bond acceptors (Lipinski definition) is 1. The Morgan fingerprint density at radius 3 is 2.42 bits per heavy atom. The summed E-state index contributed by atoms with van der Waals surface area (Å²) in [6.07, 6.45) is 13.6. The second kappa shape index (κ2) is 3.35. The molecule has 1 aromatic rings. The van der Waals surface area contributed by atoms with Crippen LogP contribution in [-0.2, 0) is 0 Å². The lowest BCUT2D eigenvalue weighted by Gasteiger charge is -2.10. The Balaban J connectivity index is 2.25. The number of pyridine rings is 1. The number of rotatable bonds is 1. The number of nitrogens with zero attached hydrogens (tertiary/aromatic N) is 1. The van der Waals surface area contributed by atoms with Crippen molar-refractivity contribution in [1.82, 2.24) is 4.98 Å². The van der Waals surface area contributed by atoms with Gasteiger partial charge in [0.25, 0.3) is 0 Å². The Morgan fingerprint density at radius 2 is 1.75 bits per heavy atom. The molecule has 0 aliphatic heterocycles. The lowest BCUT2D eigenvalue weighted by Crippen LogP contribution is -1.93. The van der Waals surface area contributed by atoms with Gasteiger partial charge in [0.05, 0.1) is 0 Å². The topological polar surface area (TPSA) is 12.9 Å². The van der Waals surface area contributed by atoms with Crippen molar-refractivity contribution in [2.24, 2.45) is 0 Å². The molecule has 0 saturated carbocycles. The van der Waals surface area contributed by atoms with E-state index in [1.54, 1.807) is 0 Å². The molecule has 0 bridgehead atoms. The molecule has 1 aliphatic rings. The van der Waals surface area contributed by atoms with Crippen molar-refractivity contribution in [2.75, 3.05) is 0 Å². The van der Waals surface area contributed by atoms with Crippen molar-refractivity contribution in [2.45, 2.75) is 12.3 Å². The molecule has 0 aromatic carbocycles.